The van der Waals surface area contributed by atoms with E-state index in [0.717, 1.165) is 6.42 Å². The molecule has 122 valence electrons. The highest BCUT2D eigenvalue weighted by Crippen LogP contribution is 2.24. The van der Waals surface area contributed by atoms with Crippen LogP contribution in [0.3, 0.4) is 0 Å². The molecule has 1 aromatic heterocycles. The highest BCUT2D eigenvalue weighted by molar-refractivity contribution is 5.55. The number of hydrogen-bond donors (Lipinski definition) is 1. The number of rotatable bonds is 7. The minimum Gasteiger partial charge on any atom is -0.362 e. The molecule has 1 aromatic carbocycles. The Kier molecular flexibility index (Phi) is 5.65. The third kappa shape index (κ3) is 4.26. The van der Waals surface area contributed by atoms with Gasteiger partial charge < -0.3 is 10.2 Å². The lowest BCUT2D eigenvalue weighted by atomic mass is 10.0. The van der Waals surface area contributed by atoms with E-state index >= 15 is 0 Å². The highest BCUT2D eigenvalue weighted by Gasteiger charge is 2.18. The van der Waals surface area contributed by atoms with Gasteiger partial charge in [-0.25, -0.2) is 4.98 Å². The van der Waals surface area contributed by atoms with E-state index in [-0.39, 0.29) is 11.7 Å². The molecule has 0 bridgehead atoms. The summed E-state index contributed by atoms with van der Waals surface area (Å²) in [5.41, 5.74) is 2.45. The normalized spacial score (nSPS) is 12.2. The van der Waals surface area contributed by atoms with E-state index in [1.54, 1.807) is 12.3 Å². The molecule has 6 nitrogen and oxygen atoms in total. The van der Waals surface area contributed by atoms with Gasteiger partial charge in [0.05, 0.1) is 11.0 Å². The summed E-state index contributed by atoms with van der Waals surface area (Å²) < 4.78 is 0. The van der Waals surface area contributed by atoms with Crippen molar-refractivity contribution < 1.29 is 4.92 Å². The molecular weight excluding hydrogens is 292 g/mol. The first-order valence-corrected chi connectivity index (χ1v) is 7.61. The molecule has 0 aliphatic carbocycles. The maximum absolute atomic E-state index is 11.1. The first-order valence-electron chi connectivity index (χ1n) is 7.61. The second kappa shape index (κ2) is 7.69. The molecule has 0 aliphatic rings. The summed E-state index contributed by atoms with van der Waals surface area (Å²) in [5, 5.41) is 14.2. The van der Waals surface area contributed by atoms with Gasteiger partial charge in [0.1, 0.15) is 0 Å². The molecule has 2 rings (SSSR count). The van der Waals surface area contributed by atoms with Crippen molar-refractivity contribution in [2.24, 2.45) is 0 Å². The molecular formula is C17H22N4O2. The van der Waals surface area contributed by atoms with Crippen LogP contribution in [0.15, 0.2) is 42.6 Å². The monoisotopic (exact) mass is 314 g/mol. The zero-order chi connectivity index (χ0) is 16.8. The van der Waals surface area contributed by atoms with Crippen molar-refractivity contribution in [2.45, 2.75) is 19.4 Å². The van der Waals surface area contributed by atoms with Crippen molar-refractivity contribution in [1.29, 1.82) is 0 Å². The summed E-state index contributed by atoms with van der Waals surface area (Å²) in [7, 11) is 3.99. The molecule has 0 unspecified atom stereocenters. The highest BCUT2D eigenvalue weighted by atomic mass is 16.6. The summed E-state index contributed by atoms with van der Waals surface area (Å²) >= 11 is 0. The Bertz CT molecular complexity index is 656. The maximum atomic E-state index is 11.1. The van der Waals surface area contributed by atoms with Crippen LogP contribution in [0.1, 0.15) is 24.1 Å². The second-order valence-electron chi connectivity index (χ2n) is 5.58. The molecule has 0 aliphatic heterocycles. The van der Waals surface area contributed by atoms with Crippen molar-refractivity contribution >= 4 is 11.5 Å². The molecule has 0 saturated carbocycles. The molecule has 2 aromatic rings. The predicted octanol–water partition coefficient (Wildman–Crippen LogP) is 3.27. The van der Waals surface area contributed by atoms with E-state index in [1.807, 2.05) is 14.1 Å². The molecule has 0 radical (unpaired) electrons. The summed E-state index contributed by atoms with van der Waals surface area (Å²) in [6, 6.07) is 11.6. The number of aryl methyl sites for hydroxylation is 1. The van der Waals surface area contributed by atoms with Gasteiger partial charge in [-0.3, -0.25) is 10.1 Å². The molecule has 0 spiro atoms. The Morgan fingerprint density at radius 1 is 1.26 bits per heavy atom. The fourth-order valence-electron chi connectivity index (χ4n) is 2.45. The summed E-state index contributed by atoms with van der Waals surface area (Å²) in [6.07, 6.45) is 2.56. The summed E-state index contributed by atoms with van der Waals surface area (Å²) in [5.74, 6) is 0.300. The van der Waals surface area contributed by atoms with Crippen LogP contribution in [0.5, 0.6) is 0 Å². The van der Waals surface area contributed by atoms with Crippen molar-refractivity contribution in [3.05, 3.63) is 63.8 Å². The fraction of sp³-hybridized carbons (Fsp3) is 0.353. The lowest BCUT2D eigenvalue weighted by Gasteiger charge is -2.25. The van der Waals surface area contributed by atoms with Gasteiger partial charge in [-0.2, -0.15) is 0 Å². The number of pyridine rings is 1. The number of hydrogen-bond acceptors (Lipinski definition) is 5. The van der Waals surface area contributed by atoms with Gasteiger partial charge >= 0.3 is 5.69 Å². The van der Waals surface area contributed by atoms with Crippen LogP contribution in [0, 0.1) is 10.1 Å². The molecule has 23 heavy (non-hydrogen) atoms. The van der Waals surface area contributed by atoms with E-state index in [9.17, 15) is 10.1 Å². The van der Waals surface area contributed by atoms with Crippen LogP contribution in [-0.4, -0.2) is 35.4 Å². The van der Waals surface area contributed by atoms with Gasteiger partial charge in [0, 0.05) is 18.8 Å². The van der Waals surface area contributed by atoms with Crippen LogP contribution in [-0.2, 0) is 6.42 Å². The van der Waals surface area contributed by atoms with Gasteiger partial charge in [-0.15, -0.1) is 0 Å². The van der Waals surface area contributed by atoms with Crippen LogP contribution in [0.2, 0.25) is 0 Å². The number of likely N-dealkylation sites (N-methyl/N-ethyl adjacent to an activating group) is 1. The molecule has 1 atom stereocenters. The quantitative estimate of drug-likeness (QED) is 0.627. The third-order valence-electron chi connectivity index (χ3n) is 3.84. The van der Waals surface area contributed by atoms with Gasteiger partial charge in [-0.1, -0.05) is 31.2 Å². The number of aromatic nitrogens is 1. The first-order chi connectivity index (χ1) is 11.0. The van der Waals surface area contributed by atoms with Gasteiger partial charge in [0.15, 0.2) is 0 Å². The zero-order valence-electron chi connectivity index (χ0n) is 13.7. The number of nitrogens with zero attached hydrogens (tertiary/aromatic N) is 3. The summed E-state index contributed by atoms with van der Waals surface area (Å²) in [4.78, 5) is 16.8. The number of nitrogens with one attached hydrogen (secondary N) is 1. The number of nitro groups is 1. The van der Waals surface area contributed by atoms with E-state index in [1.165, 1.54) is 17.2 Å². The van der Waals surface area contributed by atoms with E-state index < -0.39 is 4.92 Å². The minimum absolute atomic E-state index is 0.00802. The molecule has 0 amide bonds. The van der Waals surface area contributed by atoms with E-state index in [4.69, 9.17) is 0 Å². The predicted molar refractivity (Wildman–Crippen MR) is 91.6 cm³/mol. The van der Waals surface area contributed by atoms with Crippen molar-refractivity contribution in [1.82, 2.24) is 9.88 Å². The van der Waals surface area contributed by atoms with Gasteiger partial charge in [0.2, 0.25) is 5.82 Å². The van der Waals surface area contributed by atoms with Gasteiger partial charge in [-0.05, 0) is 37.7 Å². The van der Waals surface area contributed by atoms with E-state index in [2.05, 4.69) is 46.4 Å². The Labute approximate surface area is 136 Å². The van der Waals surface area contributed by atoms with Crippen molar-refractivity contribution in [3.8, 4) is 0 Å². The van der Waals surface area contributed by atoms with Crippen molar-refractivity contribution in [2.75, 3.05) is 26.0 Å². The SMILES string of the molecule is CCc1ccc([C@H](CNc2ncccc2[N+](=O)[O-])N(C)C)cc1. The standard InChI is InChI=1S/C17H22N4O2/c1-4-13-7-9-14(10-8-13)16(20(2)3)12-19-17-15(21(22)23)6-5-11-18-17/h5-11,16H,4,12H2,1-3H3,(H,18,19)/t16-/m0/s1. The number of anilines is 1. The van der Waals surface area contributed by atoms with Gasteiger partial charge in [0.25, 0.3) is 0 Å². The Balaban J connectivity index is 2.16. The molecule has 6 heteroatoms. The lowest BCUT2D eigenvalue weighted by Crippen LogP contribution is -2.27. The largest absolute Gasteiger partial charge is 0.362 e. The minimum atomic E-state index is -0.421. The average molecular weight is 314 g/mol. The molecule has 0 fully saturated rings. The molecule has 1 N–H and O–H groups in total. The number of benzene rings is 1. The first kappa shape index (κ1) is 16.9. The van der Waals surface area contributed by atoms with Crippen LogP contribution in [0.4, 0.5) is 11.5 Å². The second-order valence-corrected chi connectivity index (χ2v) is 5.58. The average Bonchev–Trinajstić information content (AvgIpc) is 2.55. The third-order valence-corrected chi connectivity index (χ3v) is 3.84. The Hall–Kier alpha value is -2.47. The maximum Gasteiger partial charge on any atom is 0.311 e. The smallest absolute Gasteiger partial charge is 0.311 e. The fourth-order valence-corrected chi connectivity index (χ4v) is 2.45. The Morgan fingerprint density at radius 3 is 2.52 bits per heavy atom. The Morgan fingerprint density at radius 2 is 1.96 bits per heavy atom. The zero-order valence-corrected chi connectivity index (χ0v) is 13.7. The lowest BCUT2D eigenvalue weighted by molar-refractivity contribution is -0.384. The molecule has 1 heterocycles. The van der Waals surface area contributed by atoms with Crippen molar-refractivity contribution in [3.63, 3.8) is 0 Å². The van der Waals surface area contributed by atoms with Crippen LogP contribution in [0.25, 0.3) is 0 Å². The summed E-state index contributed by atoms with van der Waals surface area (Å²) in [6.45, 7) is 2.66. The van der Waals surface area contributed by atoms with Crippen LogP contribution < -0.4 is 5.32 Å². The van der Waals surface area contributed by atoms with E-state index in [0.29, 0.717) is 12.4 Å². The topological polar surface area (TPSA) is 71.3 Å². The molecule has 0 saturated heterocycles. The van der Waals surface area contributed by atoms with Crippen LogP contribution >= 0.6 is 0 Å².